The van der Waals surface area contributed by atoms with Gasteiger partial charge in [0, 0.05) is 17.6 Å². The first-order valence-corrected chi connectivity index (χ1v) is 9.98. The van der Waals surface area contributed by atoms with Crippen LogP contribution in [-0.2, 0) is 7.05 Å². The number of fused-ring (bicyclic) bond motifs is 1. The molecule has 0 atom stereocenters. The van der Waals surface area contributed by atoms with Gasteiger partial charge in [-0.05, 0) is 36.4 Å². The van der Waals surface area contributed by atoms with E-state index in [4.69, 9.17) is 11.6 Å². The molecular formula is C20H15ClN6OS. The number of halogens is 1. The molecule has 7 nitrogen and oxygen atoms in total. The van der Waals surface area contributed by atoms with E-state index in [0.717, 1.165) is 16.6 Å². The Morgan fingerprint density at radius 3 is 2.69 bits per heavy atom. The number of allylic oxidation sites excluding steroid dienone is 1. The third-order valence-corrected chi connectivity index (χ3v) is 5.44. The number of nitrogens with zero attached hydrogens (tertiary/aromatic N) is 5. The summed E-state index contributed by atoms with van der Waals surface area (Å²) in [5.41, 5.74) is 2.63. The molecule has 0 radical (unpaired) electrons. The van der Waals surface area contributed by atoms with Crippen LogP contribution in [0, 0.1) is 11.3 Å². The third-order valence-electron chi connectivity index (χ3n) is 4.33. The lowest BCUT2D eigenvalue weighted by Crippen LogP contribution is -2.01. The number of aromatic nitrogens is 5. The lowest BCUT2D eigenvalue weighted by atomic mass is 10.2. The minimum absolute atomic E-state index is 0.0752. The van der Waals surface area contributed by atoms with E-state index in [2.05, 4.69) is 26.2 Å². The minimum Gasteiger partial charge on any atom is -0.510 e. The zero-order valence-corrected chi connectivity index (χ0v) is 16.9. The highest BCUT2D eigenvalue weighted by Gasteiger charge is 2.17. The lowest BCUT2D eigenvalue weighted by molar-refractivity contribution is 0.420. The molecule has 2 heterocycles. The fourth-order valence-electron chi connectivity index (χ4n) is 2.87. The van der Waals surface area contributed by atoms with Gasteiger partial charge in [0.15, 0.2) is 11.6 Å². The van der Waals surface area contributed by atoms with E-state index in [1.165, 1.54) is 11.8 Å². The predicted molar refractivity (Wildman–Crippen MR) is 113 cm³/mol. The molecule has 0 aliphatic heterocycles. The molecular weight excluding hydrogens is 408 g/mol. The van der Waals surface area contributed by atoms with E-state index < -0.39 is 0 Å². The molecule has 0 saturated heterocycles. The van der Waals surface area contributed by atoms with Gasteiger partial charge >= 0.3 is 0 Å². The summed E-state index contributed by atoms with van der Waals surface area (Å²) < 4.78 is 1.79. The molecule has 0 spiro atoms. The molecule has 2 aromatic carbocycles. The van der Waals surface area contributed by atoms with Gasteiger partial charge in [0.05, 0.1) is 16.8 Å². The number of aryl methyl sites for hydroxylation is 1. The molecule has 4 aromatic rings. The second kappa shape index (κ2) is 7.99. The summed E-state index contributed by atoms with van der Waals surface area (Å²) in [6, 6.07) is 16.9. The van der Waals surface area contributed by atoms with Crippen LogP contribution in [-0.4, -0.2) is 35.6 Å². The monoisotopic (exact) mass is 422 g/mol. The van der Waals surface area contributed by atoms with Crippen LogP contribution in [0.2, 0.25) is 5.02 Å². The van der Waals surface area contributed by atoms with Crippen molar-refractivity contribution in [3.05, 3.63) is 65.1 Å². The molecule has 0 amide bonds. The molecule has 2 aromatic heterocycles. The molecule has 0 saturated carbocycles. The Balaban J connectivity index is 1.55. The first-order chi connectivity index (χ1) is 14.1. The molecule has 0 fully saturated rings. The Labute approximate surface area is 175 Å². The minimum atomic E-state index is -0.0752. The van der Waals surface area contributed by atoms with E-state index in [-0.39, 0.29) is 17.1 Å². The largest absolute Gasteiger partial charge is 0.510 e. The number of aliphatic hydroxyl groups is 1. The smallest absolute Gasteiger partial charge is 0.209 e. The maximum absolute atomic E-state index is 10.5. The van der Waals surface area contributed by atoms with Crippen molar-refractivity contribution in [2.45, 2.75) is 5.16 Å². The zero-order valence-electron chi connectivity index (χ0n) is 15.3. The van der Waals surface area contributed by atoms with Crippen LogP contribution < -0.4 is 0 Å². The molecule has 144 valence electrons. The van der Waals surface area contributed by atoms with Gasteiger partial charge in [-0.15, -0.1) is 5.10 Å². The van der Waals surface area contributed by atoms with Gasteiger partial charge in [0.1, 0.15) is 17.4 Å². The van der Waals surface area contributed by atoms with Crippen molar-refractivity contribution in [3.8, 4) is 17.5 Å². The average Bonchev–Trinajstić information content (AvgIpc) is 3.33. The molecule has 2 N–H and O–H groups in total. The molecule has 0 aliphatic rings. The van der Waals surface area contributed by atoms with E-state index in [9.17, 15) is 10.4 Å². The number of benzene rings is 2. The number of nitrogens with one attached hydrogen (secondary N) is 1. The van der Waals surface area contributed by atoms with Gasteiger partial charge in [0.25, 0.3) is 0 Å². The maximum Gasteiger partial charge on any atom is 0.209 e. The van der Waals surface area contributed by atoms with Crippen molar-refractivity contribution < 1.29 is 5.11 Å². The Hall–Kier alpha value is -3.28. The second-order valence-electron chi connectivity index (χ2n) is 6.18. The maximum atomic E-state index is 10.5. The Bertz CT molecular complexity index is 1250. The van der Waals surface area contributed by atoms with Crippen LogP contribution in [0.1, 0.15) is 5.82 Å². The number of aromatic amines is 1. The summed E-state index contributed by atoms with van der Waals surface area (Å²) in [4.78, 5) is 8.88. The first kappa shape index (κ1) is 19.1. The van der Waals surface area contributed by atoms with Crippen molar-refractivity contribution >= 4 is 40.0 Å². The summed E-state index contributed by atoms with van der Waals surface area (Å²) in [6.07, 6.45) is 0. The molecule has 4 rings (SSSR count). The third kappa shape index (κ3) is 3.83. The van der Waals surface area contributed by atoms with Crippen molar-refractivity contribution in [2.24, 2.45) is 7.05 Å². The molecule has 0 aliphatic carbocycles. The van der Waals surface area contributed by atoms with E-state index in [1.807, 2.05) is 43.4 Å². The number of hydrogen-bond donors (Lipinski definition) is 2. The number of para-hydroxylation sites is 2. The average molecular weight is 423 g/mol. The molecule has 0 bridgehead atoms. The van der Waals surface area contributed by atoms with Crippen molar-refractivity contribution in [2.75, 3.05) is 5.75 Å². The highest BCUT2D eigenvalue weighted by molar-refractivity contribution is 7.99. The summed E-state index contributed by atoms with van der Waals surface area (Å²) in [6.45, 7) is 0. The SMILES string of the molecule is Cn1c(/C(C#N)=C(/O)CSc2n[nH]c(-c3ccc(Cl)cc3)n2)nc2ccccc21. The van der Waals surface area contributed by atoms with Gasteiger partial charge in [-0.2, -0.15) is 5.26 Å². The quantitative estimate of drug-likeness (QED) is 0.277. The normalized spacial score (nSPS) is 12.0. The van der Waals surface area contributed by atoms with E-state index in [1.54, 1.807) is 16.7 Å². The Kier molecular flexibility index (Phi) is 5.25. The van der Waals surface area contributed by atoms with Crippen molar-refractivity contribution in [1.82, 2.24) is 24.7 Å². The van der Waals surface area contributed by atoms with Crippen LogP contribution in [0.15, 0.2) is 59.4 Å². The van der Waals surface area contributed by atoms with Crippen LogP contribution in [0.3, 0.4) is 0 Å². The summed E-state index contributed by atoms with van der Waals surface area (Å²) in [7, 11) is 1.82. The molecule has 29 heavy (non-hydrogen) atoms. The van der Waals surface area contributed by atoms with Crippen molar-refractivity contribution in [3.63, 3.8) is 0 Å². The first-order valence-electron chi connectivity index (χ1n) is 8.62. The number of H-pyrrole nitrogens is 1. The van der Waals surface area contributed by atoms with Crippen molar-refractivity contribution in [1.29, 1.82) is 5.26 Å². The van der Waals surface area contributed by atoms with Crippen LogP contribution in [0.5, 0.6) is 0 Å². The summed E-state index contributed by atoms with van der Waals surface area (Å²) in [5, 5.41) is 28.2. The van der Waals surface area contributed by atoms with E-state index >= 15 is 0 Å². The number of hydrogen-bond acceptors (Lipinski definition) is 6. The summed E-state index contributed by atoms with van der Waals surface area (Å²) in [5.74, 6) is 1.09. The van der Waals surface area contributed by atoms with Crippen LogP contribution in [0.4, 0.5) is 0 Å². The van der Waals surface area contributed by atoms with Crippen LogP contribution >= 0.6 is 23.4 Å². The Morgan fingerprint density at radius 1 is 1.21 bits per heavy atom. The summed E-state index contributed by atoms with van der Waals surface area (Å²) >= 11 is 7.13. The van der Waals surface area contributed by atoms with Gasteiger partial charge < -0.3 is 9.67 Å². The highest BCUT2D eigenvalue weighted by Crippen LogP contribution is 2.26. The van der Waals surface area contributed by atoms with Crippen LogP contribution in [0.25, 0.3) is 28.0 Å². The standard InChI is InChI=1S/C20H15ClN6OS/c1-27-16-5-3-2-4-15(16)23-19(27)14(10-22)17(28)11-29-20-24-18(25-26-20)12-6-8-13(21)9-7-12/h2-9,28H,11H2,1H3,(H,24,25,26)/b17-14+. The predicted octanol–water partition coefficient (Wildman–Crippen LogP) is 4.60. The van der Waals surface area contributed by atoms with Gasteiger partial charge in [-0.3, -0.25) is 5.10 Å². The van der Waals surface area contributed by atoms with E-state index in [0.29, 0.717) is 21.8 Å². The number of nitriles is 1. The fraction of sp³-hybridized carbons (Fsp3) is 0.100. The topological polar surface area (TPSA) is 103 Å². The lowest BCUT2D eigenvalue weighted by Gasteiger charge is -2.04. The van der Waals surface area contributed by atoms with Gasteiger partial charge in [0.2, 0.25) is 5.16 Å². The number of imidazole rings is 1. The number of rotatable bonds is 5. The fourth-order valence-corrected chi connectivity index (χ4v) is 3.67. The van der Waals surface area contributed by atoms with Gasteiger partial charge in [-0.25, -0.2) is 9.97 Å². The molecule has 9 heteroatoms. The van der Waals surface area contributed by atoms with Gasteiger partial charge in [-0.1, -0.05) is 35.5 Å². The highest BCUT2D eigenvalue weighted by atomic mass is 35.5. The second-order valence-corrected chi connectivity index (χ2v) is 7.56. The zero-order chi connectivity index (χ0) is 20.4. The Morgan fingerprint density at radius 2 is 1.97 bits per heavy atom. The number of aliphatic hydroxyl groups excluding tert-OH is 1. The number of thioether (sulfide) groups is 1. The molecule has 0 unspecified atom stereocenters.